The van der Waals surface area contributed by atoms with Gasteiger partial charge >= 0.3 is 0 Å². The molecule has 0 saturated carbocycles. The maximum absolute atomic E-state index is 12.3. The van der Waals surface area contributed by atoms with Crippen molar-refractivity contribution in [1.82, 2.24) is 19.7 Å². The maximum atomic E-state index is 12.3. The number of amides is 1. The SMILES string of the molecule is Cn1cnnc1C1CCN(C(=O)c2coc(Br)c2)CC1. The lowest BCUT2D eigenvalue weighted by Crippen LogP contribution is -2.38. The van der Waals surface area contributed by atoms with Crippen molar-refractivity contribution < 1.29 is 9.21 Å². The Hall–Kier alpha value is -1.63. The second kappa shape index (κ2) is 5.40. The zero-order chi connectivity index (χ0) is 14.1. The smallest absolute Gasteiger partial charge is 0.257 e. The molecule has 0 spiro atoms. The number of aromatic nitrogens is 3. The molecule has 1 aliphatic rings. The van der Waals surface area contributed by atoms with Crippen LogP contribution in [0.25, 0.3) is 0 Å². The number of aryl methyl sites for hydroxylation is 1. The topological polar surface area (TPSA) is 64.2 Å². The van der Waals surface area contributed by atoms with Crippen LogP contribution in [0.3, 0.4) is 0 Å². The minimum absolute atomic E-state index is 0.0239. The van der Waals surface area contributed by atoms with E-state index in [0.717, 1.165) is 31.8 Å². The third-order valence-corrected chi connectivity index (χ3v) is 4.12. The molecule has 3 heterocycles. The molecule has 2 aromatic heterocycles. The Kier molecular flexibility index (Phi) is 3.60. The molecule has 1 amide bonds. The Morgan fingerprint density at radius 1 is 1.45 bits per heavy atom. The molecule has 1 saturated heterocycles. The Balaban J connectivity index is 1.64. The molecule has 1 fully saturated rings. The zero-order valence-electron chi connectivity index (χ0n) is 11.1. The van der Waals surface area contributed by atoms with Gasteiger partial charge in [-0.15, -0.1) is 10.2 Å². The molecule has 0 aliphatic carbocycles. The highest BCUT2D eigenvalue weighted by molar-refractivity contribution is 9.10. The third kappa shape index (κ3) is 2.49. The largest absolute Gasteiger partial charge is 0.457 e. The van der Waals surface area contributed by atoms with Crippen LogP contribution in [0.1, 0.15) is 34.9 Å². The second-order valence-corrected chi connectivity index (χ2v) is 5.79. The van der Waals surface area contributed by atoms with Crippen molar-refractivity contribution in [3.05, 3.63) is 34.7 Å². The molecule has 0 aromatic carbocycles. The van der Waals surface area contributed by atoms with E-state index in [1.807, 2.05) is 16.5 Å². The number of piperidine rings is 1. The normalized spacial score (nSPS) is 16.6. The van der Waals surface area contributed by atoms with E-state index >= 15 is 0 Å². The van der Waals surface area contributed by atoms with E-state index < -0.39 is 0 Å². The quantitative estimate of drug-likeness (QED) is 0.841. The van der Waals surface area contributed by atoms with Gasteiger partial charge in [-0.1, -0.05) is 0 Å². The molecule has 106 valence electrons. The van der Waals surface area contributed by atoms with E-state index in [-0.39, 0.29) is 5.91 Å². The lowest BCUT2D eigenvalue weighted by Gasteiger charge is -2.31. The highest BCUT2D eigenvalue weighted by Crippen LogP contribution is 2.27. The number of nitrogens with zero attached hydrogens (tertiary/aromatic N) is 4. The number of hydrogen-bond donors (Lipinski definition) is 0. The van der Waals surface area contributed by atoms with Gasteiger partial charge in [0.1, 0.15) is 18.4 Å². The van der Waals surface area contributed by atoms with Gasteiger partial charge in [0.25, 0.3) is 5.91 Å². The van der Waals surface area contributed by atoms with E-state index in [0.29, 0.717) is 16.2 Å². The van der Waals surface area contributed by atoms with E-state index in [1.165, 1.54) is 6.26 Å². The summed E-state index contributed by atoms with van der Waals surface area (Å²) in [7, 11) is 1.95. The Morgan fingerprint density at radius 2 is 2.20 bits per heavy atom. The maximum Gasteiger partial charge on any atom is 0.257 e. The summed E-state index contributed by atoms with van der Waals surface area (Å²) in [6, 6.07) is 1.71. The lowest BCUT2D eigenvalue weighted by molar-refractivity contribution is 0.0709. The first-order valence-corrected chi connectivity index (χ1v) is 7.31. The van der Waals surface area contributed by atoms with Gasteiger partial charge in [0.05, 0.1) is 5.56 Å². The van der Waals surface area contributed by atoms with Gasteiger partial charge < -0.3 is 13.9 Å². The predicted molar refractivity (Wildman–Crippen MR) is 75.3 cm³/mol. The van der Waals surface area contributed by atoms with Crippen molar-refractivity contribution in [3.8, 4) is 0 Å². The van der Waals surface area contributed by atoms with Crippen molar-refractivity contribution in [2.24, 2.45) is 7.05 Å². The summed E-state index contributed by atoms with van der Waals surface area (Å²) in [6.07, 6.45) is 5.03. The lowest BCUT2D eigenvalue weighted by atomic mass is 9.95. The van der Waals surface area contributed by atoms with Crippen molar-refractivity contribution in [3.63, 3.8) is 0 Å². The molecule has 2 aromatic rings. The number of furan rings is 1. The van der Waals surface area contributed by atoms with Crippen LogP contribution in [0, 0.1) is 0 Å². The van der Waals surface area contributed by atoms with E-state index in [9.17, 15) is 4.79 Å². The number of hydrogen-bond acceptors (Lipinski definition) is 4. The third-order valence-electron chi connectivity index (χ3n) is 3.71. The predicted octanol–water partition coefficient (Wildman–Crippen LogP) is 2.19. The minimum atomic E-state index is 0.0239. The van der Waals surface area contributed by atoms with Gasteiger partial charge in [-0.05, 0) is 28.8 Å². The fourth-order valence-electron chi connectivity index (χ4n) is 2.61. The molecular weight excluding hydrogens is 324 g/mol. The molecule has 0 N–H and O–H groups in total. The summed E-state index contributed by atoms with van der Waals surface area (Å²) in [6.45, 7) is 1.47. The van der Waals surface area contributed by atoms with Crippen molar-refractivity contribution in [1.29, 1.82) is 0 Å². The van der Waals surface area contributed by atoms with E-state index in [4.69, 9.17) is 4.42 Å². The van der Waals surface area contributed by atoms with Crippen molar-refractivity contribution >= 4 is 21.8 Å². The van der Waals surface area contributed by atoms with Crippen molar-refractivity contribution in [2.45, 2.75) is 18.8 Å². The number of carbonyl (C=O) groups excluding carboxylic acids is 1. The van der Waals surface area contributed by atoms with Crippen LogP contribution < -0.4 is 0 Å². The van der Waals surface area contributed by atoms with Gasteiger partial charge in [-0.2, -0.15) is 0 Å². The first-order chi connectivity index (χ1) is 9.65. The number of likely N-dealkylation sites (tertiary alicyclic amines) is 1. The summed E-state index contributed by atoms with van der Waals surface area (Å²) in [5.41, 5.74) is 0.592. The van der Waals surface area contributed by atoms with Crippen LogP contribution >= 0.6 is 15.9 Å². The Bertz CT molecular complexity index is 613. The van der Waals surface area contributed by atoms with E-state index in [1.54, 1.807) is 12.4 Å². The molecule has 6 nitrogen and oxygen atoms in total. The highest BCUT2D eigenvalue weighted by atomic mass is 79.9. The van der Waals surface area contributed by atoms with Crippen LogP contribution in [-0.2, 0) is 7.05 Å². The number of carbonyl (C=O) groups is 1. The monoisotopic (exact) mass is 338 g/mol. The second-order valence-electron chi connectivity index (χ2n) is 5.01. The highest BCUT2D eigenvalue weighted by Gasteiger charge is 2.27. The number of rotatable bonds is 2. The van der Waals surface area contributed by atoms with Crippen LogP contribution in [-0.4, -0.2) is 38.7 Å². The van der Waals surface area contributed by atoms with Crippen LogP contribution in [0.4, 0.5) is 0 Å². The summed E-state index contributed by atoms with van der Waals surface area (Å²) in [4.78, 5) is 14.2. The molecule has 20 heavy (non-hydrogen) atoms. The molecular formula is C13H15BrN4O2. The van der Waals surface area contributed by atoms with Gasteiger partial charge in [0.15, 0.2) is 4.67 Å². The number of halogens is 1. The fraction of sp³-hybridized carbons (Fsp3) is 0.462. The molecule has 0 radical (unpaired) electrons. The molecule has 7 heteroatoms. The molecule has 0 atom stereocenters. The Morgan fingerprint density at radius 3 is 2.75 bits per heavy atom. The van der Waals surface area contributed by atoms with Gasteiger partial charge in [-0.3, -0.25) is 4.79 Å². The van der Waals surface area contributed by atoms with Gasteiger partial charge in [0, 0.05) is 32.1 Å². The fourth-order valence-corrected chi connectivity index (χ4v) is 2.95. The molecule has 3 rings (SSSR count). The summed E-state index contributed by atoms with van der Waals surface area (Å²) in [5.74, 6) is 1.40. The Labute approximate surface area is 124 Å². The summed E-state index contributed by atoms with van der Waals surface area (Å²) >= 11 is 3.21. The van der Waals surface area contributed by atoms with Crippen LogP contribution in [0.15, 0.2) is 27.7 Å². The first kappa shape index (κ1) is 13.4. The first-order valence-electron chi connectivity index (χ1n) is 6.52. The van der Waals surface area contributed by atoms with E-state index in [2.05, 4.69) is 26.1 Å². The van der Waals surface area contributed by atoms with Crippen LogP contribution in [0.5, 0.6) is 0 Å². The summed E-state index contributed by atoms with van der Waals surface area (Å²) < 4.78 is 7.65. The zero-order valence-corrected chi connectivity index (χ0v) is 12.7. The molecule has 0 bridgehead atoms. The summed E-state index contributed by atoms with van der Waals surface area (Å²) in [5, 5.41) is 8.08. The average molecular weight is 339 g/mol. The van der Waals surface area contributed by atoms with Gasteiger partial charge in [-0.25, -0.2) is 0 Å². The average Bonchev–Trinajstić information content (AvgIpc) is 3.07. The minimum Gasteiger partial charge on any atom is -0.457 e. The van der Waals surface area contributed by atoms with Crippen molar-refractivity contribution in [2.75, 3.05) is 13.1 Å². The standard InChI is InChI=1S/C13H15BrN4O2/c1-17-8-15-16-12(17)9-2-4-18(5-3-9)13(19)10-6-11(14)20-7-10/h6-9H,2-5H2,1H3. The van der Waals surface area contributed by atoms with Gasteiger partial charge in [0.2, 0.25) is 0 Å². The molecule has 0 unspecified atom stereocenters. The molecule has 1 aliphatic heterocycles. The van der Waals surface area contributed by atoms with Crippen LogP contribution in [0.2, 0.25) is 0 Å².